The molecule has 0 aromatic carbocycles. The van der Waals surface area contributed by atoms with Crippen molar-refractivity contribution in [3.63, 3.8) is 0 Å². The van der Waals surface area contributed by atoms with Gasteiger partial charge in [-0.05, 0) is 24.2 Å². The first-order chi connectivity index (χ1) is 8.02. The molecule has 0 heterocycles. The zero-order chi connectivity index (χ0) is 13.5. The van der Waals surface area contributed by atoms with Crippen molar-refractivity contribution >= 4 is 0 Å². The Morgan fingerprint density at radius 2 is 1.82 bits per heavy atom. The summed E-state index contributed by atoms with van der Waals surface area (Å²) in [7, 11) is 0. The first kappa shape index (κ1) is 16.0. The highest BCUT2D eigenvalue weighted by Crippen LogP contribution is 2.42. The topological polar surface area (TPSA) is 0 Å². The van der Waals surface area contributed by atoms with Gasteiger partial charge in [0.25, 0.3) is 0 Å². The minimum atomic E-state index is 0.174. The zero-order valence-corrected chi connectivity index (χ0v) is 12.3. The van der Waals surface area contributed by atoms with Gasteiger partial charge in [0.1, 0.15) is 0 Å². The van der Waals surface area contributed by atoms with E-state index in [9.17, 15) is 0 Å². The van der Waals surface area contributed by atoms with Gasteiger partial charge in [-0.1, -0.05) is 83.2 Å². The predicted molar refractivity (Wildman–Crippen MR) is 80.0 cm³/mol. The maximum atomic E-state index is 4.15. The fraction of sp³-hybridized carbons (Fsp3) is 0.529. The largest absolute Gasteiger partial charge is 0.0955 e. The van der Waals surface area contributed by atoms with Crippen LogP contribution in [0.25, 0.3) is 0 Å². The SMILES string of the molecule is C=C1/C=C\C=C/C(C)C(C)(/C=C\C)C1C.CC. The molecule has 0 amide bonds. The summed E-state index contributed by atoms with van der Waals surface area (Å²) in [4.78, 5) is 0. The molecule has 3 atom stereocenters. The van der Waals surface area contributed by atoms with Crippen LogP contribution >= 0.6 is 0 Å². The highest BCUT2D eigenvalue weighted by Gasteiger charge is 2.34. The van der Waals surface area contributed by atoms with E-state index in [0.717, 1.165) is 0 Å². The molecule has 3 unspecified atom stereocenters. The van der Waals surface area contributed by atoms with E-state index in [1.807, 2.05) is 13.8 Å². The van der Waals surface area contributed by atoms with Gasteiger partial charge in [0.2, 0.25) is 0 Å². The van der Waals surface area contributed by atoms with E-state index in [-0.39, 0.29) is 5.41 Å². The molecule has 1 aliphatic carbocycles. The van der Waals surface area contributed by atoms with Gasteiger partial charge in [-0.2, -0.15) is 0 Å². The minimum absolute atomic E-state index is 0.174. The summed E-state index contributed by atoms with van der Waals surface area (Å²) < 4.78 is 0. The Morgan fingerprint density at radius 3 is 2.35 bits per heavy atom. The van der Waals surface area contributed by atoms with Crippen LogP contribution in [0.3, 0.4) is 0 Å². The quantitative estimate of drug-likeness (QED) is 0.520. The Bertz CT molecular complexity index is 317. The molecule has 0 N–H and O–H groups in total. The average Bonchev–Trinajstić information content (AvgIpc) is 2.34. The molecule has 0 nitrogen and oxygen atoms in total. The van der Waals surface area contributed by atoms with Crippen LogP contribution in [0.1, 0.15) is 41.5 Å². The molecule has 96 valence electrons. The normalized spacial score (nSPS) is 36.7. The summed E-state index contributed by atoms with van der Waals surface area (Å²) in [5, 5.41) is 0. The van der Waals surface area contributed by atoms with Crippen LogP contribution < -0.4 is 0 Å². The Hall–Kier alpha value is -1.04. The van der Waals surface area contributed by atoms with Gasteiger partial charge >= 0.3 is 0 Å². The molecule has 1 rings (SSSR count). The number of allylic oxidation sites excluding steroid dienone is 7. The zero-order valence-electron chi connectivity index (χ0n) is 12.3. The Kier molecular flexibility index (Phi) is 6.87. The van der Waals surface area contributed by atoms with Crippen molar-refractivity contribution in [3.05, 3.63) is 48.6 Å². The van der Waals surface area contributed by atoms with Crippen molar-refractivity contribution in [1.29, 1.82) is 0 Å². The Labute approximate surface area is 108 Å². The van der Waals surface area contributed by atoms with Crippen molar-refractivity contribution in [2.75, 3.05) is 0 Å². The summed E-state index contributed by atoms with van der Waals surface area (Å²) in [6.45, 7) is 17.1. The van der Waals surface area contributed by atoms with Crippen molar-refractivity contribution in [2.45, 2.75) is 41.5 Å². The lowest BCUT2D eigenvalue weighted by molar-refractivity contribution is 0.245. The fourth-order valence-electron chi connectivity index (χ4n) is 2.21. The maximum Gasteiger partial charge on any atom is -0.00207 e. The first-order valence-electron chi connectivity index (χ1n) is 6.70. The van der Waals surface area contributed by atoms with E-state index < -0.39 is 0 Å². The van der Waals surface area contributed by atoms with Crippen LogP contribution in [0, 0.1) is 17.3 Å². The van der Waals surface area contributed by atoms with Crippen molar-refractivity contribution in [1.82, 2.24) is 0 Å². The van der Waals surface area contributed by atoms with Crippen LogP contribution in [-0.2, 0) is 0 Å². The third kappa shape index (κ3) is 3.73. The molecule has 17 heavy (non-hydrogen) atoms. The van der Waals surface area contributed by atoms with E-state index in [1.54, 1.807) is 0 Å². The van der Waals surface area contributed by atoms with Crippen molar-refractivity contribution < 1.29 is 0 Å². The van der Waals surface area contributed by atoms with Gasteiger partial charge in [-0.15, -0.1) is 0 Å². The maximum absolute atomic E-state index is 4.15. The molecule has 0 heteroatoms. The average molecular weight is 232 g/mol. The van der Waals surface area contributed by atoms with Gasteiger partial charge in [-0.25, -0.2) is 0 Å². The molecular formula is C17H28. The van der Waals surface area contributed by atoms with Gasteiger partial charge < -0.3 is 0 Å². The standard InChI is InChI=1S/C15H22.C2H6/c1-6-11-15(5)13(3)10-8-7-9-12(2)14(15)4;1-2/h6-11,13-14H,2H2,1,3-5H3;1-2H3/b9-7-,10-8-,11-6-;. The lowest BCUT2D eigenvalue weighted by atomic mass is 9.66. The van der Waals surface area contributed by atoms with Crippen molar-refractivity contribution in [2.24, 2.45) is 17.3 Å². The van der Waals surface area contributed by atoms with Gasteiger partial charge in [0, 0.05) is 0 Å². The fourth-order valence-corrected chi connectivity index (χ4v) is 2.21. The van der Waals surface area contributed by atoms with Gasteiger partial charge in [0.15, 0.2) is 0 Å². The molecule has 0 aromatic heterocycles. The second-order valence-corrected chi connectivity index (χ2v) is 4.70. The van der Waals surface area contributed by atoms with Crippen LogP contribution in [0.15, 0.2) is 48.6 Å². The third-order valence-electron chi connectivity index (χ3n) is 3.82. The van der Waals surface area contributed by atoms with E-state index in [0.29, 0.717) is 11.8 Å². The molecule has 0 fully saturated rings. The summed E-state index contributed by atoms with van der Waals surface area (Å²) in [6.07, 6.45) is 13.1. The van der Waals surface area contributed by atoms with Gasteiger partial charge in [0.05, 0.1) is 0 Å². The molecule has 0 aliphatic heterocycles. The summed E-state index contributed by atoms with van der Waals surface area (Å²) in [5.74, 6) is 1.01. The van der Waals surface area contributed by atoms with E-state index in [1.165, 1.54) is 5.57 Å². The molecule has 1 aliphatic rings. The summed E-state index contributed by atoms with van der Waals surface area (Å²) in [5.41, 5.74) is 1.39. The Morgan fingerprint density at radius 1 is 1.24 bits per heavy atom. The van der Waals surface area contributed by atoms with Crippen LogP contribution in [0.2, 0.25) is 0 Å². The first-order valence-corrected chi connectivity index (χ1v) is 6.70. The number of hydrogen-bond acceptors (Lipinski definition) is 0. The lowest BCUT2D eigenvalue weighted by Crippen LogP contribution is -2.30. The third-order valence-corrected chi connectivity index (χ3v) is 3.82. The molecule has 0 aromatic rings. The number of rotatable bonds is 1. The molecule has 0 saturated carbocycles. The highest BCUT2D eigenvalue weighted by atomic mass is 14.4. The molecule has 0 bridgehead atoms. The molecule has 0 saturated heterocycles. The van der Waals surface area contributed by atoms with Gasteiger partial charge in [-0.3, -0.25) is 0 Å². The molecular weight excluding hydrogens is 204 g/mol. The second kappa shape index (κ2) is 7.32. The monoisotopic (exact) mass is 232 g/mol. The summed E-state index contributed by atoms with van der Waals surface area (Å²) >= 11 is 0. The predicted octanol–water partition coefficient (Wildman–Crippen LogP) is 5.55. The van der Waals surface area contributed by atoms with E-state index >= 15 is 0 Å². The molecule has 0 spiro atoms. The lowest BCUT2D eigenvalue weighted by Gasteiger charge is -2.38. The summed E-state index contributed by atoms with van der Waals surface area (Å²) in [6, 6.07) is 0. The van der Waals surface area contributed by atoms with Crippen LogP contribution in [0.4, 0.5) is 0 Å². The second-order valence-electron chi connectivity index (χ2n) is 4.70. The molecule has 0 radical (unpaired) electrons. The van der Waals surface area contributed by atoms with Crippen LogP contribution in [0.5, 0.6) is 0 Å². The number of hydrogen-bond donors (Lipinski definition) is 0. The van der Waals surface area contributed by atoms with Crippen LogP contribution in [-0.4, -0.2) is 0 Å². The van der Waals surface area contributed by atoms with E-state index in [2.05, 4.69) is 70.7 Å². The smallest absolute Gasteiger partial charge is 0.00207 e. The Balaban J connectivity index is 0.00000121. The van der Waals surface area contributed by atoms with E-state index in [4.69, 9.17) is 0 Å². The highest BCUT2D eigenvalue weighted by molar-refractivity contribution is 5.28. The van der Waals surface area contributed by atoms with Crippen molar-refractivity contribution in [3.8, 4) is 0 Å². The minimum Gasteiger partial charge on any atom is -0.0955 e.